The summed E-state index contributed by atoms with van der Waals surface area (Å²) in [5, 5.41) is -0.278. The second kappa shape index (κ2) is 7.51. The highest BCUT2D eigenvalue weighted by molar-refractivity contribution is 14.1. The Kier molecular flexibility index (Phi) is 5.69. The van der Waals surface area contributed by atoms with Crippen molar-refractivity contribution in [2.24, 2.45) is 0 Å². The molecule has 4 nitrogen and oxygen atoms in total. The Labute approximate surface area is 146 Å². The van der Waals surface area contributed by atoms with E-state index in [0.29, 0.717) is 10.7 Å². The summed E-state index contributed by atoms with van der Waals surface area (Å²) in [6.07, 6.45) is 8.38. The fourth-order valence-electron chi connectivity index (χ4n) is 1.78. The van der Waals surface area contributed by atoms with Crippen molar-refractivity contribution in [1.29, 1.82) is 0 Å². The van der Waals surface area contributed by atoms with Crippen molar-refractivity contribution in [1.82, 2.24) is 4.90 Å². The highest BCUT2D eigenvalue weighted by Crippen LogP contribution is 2.33. The summed E-state index contributed by atoms with van der Waals surface area (Å²) in [5.74, 6) is 2.80. The monoisotopic (exact) mass is 425 g/mol. The van der Waals surface area contributed by atoms with Crippen LogP contribution < -0.4 is 4.74 Å². The van der Waals surface area contributed by atoms with Gasteiger partial charge in [0.05, 0.1) is 8.48 Å². The van der Waals surface area contributed by atoms with Gasteiger partial charge in [0.2, 0.25) is 0 Å². The van der Waals surface area contributed by atoms with Crippen LogP contribution in [-0.4, -0.2) is 29.2 Å². The van der Waals surface area contributed by atoms with Crippen molar-refractivity contribution >= 4 is 51.6 Å². The first-order valence-corrected chi connectivity index (χ1v) is 8.18. The van der Waals surface area contributed by atoms with Crippen molar-refractivity contribution in [2.45, 2.75) is 0 Å². The van der Waals surface area contributed by atoms with Crippen molar-refractivity contribution in [3.8, 4) is 18.1 Å². The molecule has 1 heterocycles. The van der Waals surface area contributed by atoms with Crippen LogP contribution in [0.4, 0.5) is 4.79 Å². The Balaban J connectivity index is 2.21. The maximum absolute atomic E-state index is 12.1. The number of carbonyl (C=O) groups excluding carboxylic acids is 2. The number of carbonyl (C=O) groups is 2. The van der Waals surface area contributed by atoms with E-state index in [-0.39, 0.29) is 24.3 Å². The third kappa shape index (κ3) is 3.72. The first-order valence-electron chi connectivity index (χ1n) is 6.29. The minimum atomic E-state index is -0.294. The Hall–Kier alpha value is -1.72. The summed E-state index contributed by atoms with van der Waals surface area (Å²) >= 11 is 3.06. The van der Waals surface area contributed by atoms with Crippen LogP contribution in [0.1, 0.15) is 5.56 Å². The number of benzene rings is 1. The van der Waals surface area contributed by atoms with Gasteiger partial charge in [-0.25, -0.2) is 0 Å². The van der Waals surface area contributed by atoms with Crippen molar-refractivity contribution in [2.75, 3.05) is 13.2 Å². The molecule has 0 bridgehead atoms. The third-order valence-electron chi connectivity index (χ3n) is 2.75. The van der Waals surface area contributed by atoms with E-state index >= 15 is 0 Å². The van der Waals surface area contributed by atoms with E-state index in [1.807, 2.05) is 12.1 Å². The summed E-state index contributed by atoms with van der Waals surface area (Å²) in [5.41, 5.74) is 0.821. The second-order valence-corrected chi connectivity index (χ2v) is 6.42. The summed E-state index contributed by atoms with van der Waals surface area (Å²) in [7, 11) is 0. The highest BCUT2D eigenvalue weighted by atomic mass is 127. The Morgan fingerprint density at radius 3 is 2.86 bits per heavy atom. The summed E-state index contributed by atoms with van der Waals surface area (Å²) < 4.78 is 6.27. The van der Waals surface area contributed by atoms with E-state index in [4.69, 9.17) is 11.2 Å². The van der Waals surface area contributed by atoms with Crippen LogP contribution >= 0.6 is 34.4 Å². The molecule has 22 heavy (non-hydrogen) atoms. The van der Waals surface area contributed by atoms with Crippen molar-refractivity contribution in [3.63, 3.8) is 0 Å². The number of ether oxygens (including phenoxy) is 1. The fourth-order valence-corrected chi connectivity index (χ4v) is 3.32. The lowest BCUT2D eigenvalue weighted by Gasteiger charge is -2.08. The number of nitrogens with zero attached hydrogens (tertiary/aromatic N) is 1. The fraction of sp³-hybridized carbons (Fsp3) is 0.125. The van der Waals surface area contributed by atoms with Gasteiger partial charge >= 0.3 is 0 Å². The average molecular weight is 425 g/mol. The number of thioether (sulfide) groups is 1. The molecule has 0 unspecified atom stereocenters. The molecule has 1 saturated heterocycles. The van der Waals surface area contributed by atoms with E-state index in [9.17, 15) is 9.59 Å². The maximum Gasteiger partial charge on any atom is 0.293 e. The first-order chi connectivity index (χ1) is 10.6. The minimum absolute atomic E-state index is 0.204. The van der Waals surface area contributed by atoms with Gasteiger partial charge in [-0.15, -0.1) is 13.0 Å². The van der Waals surface area contributed by atoms with Crippen LogP contribution in [0, 0.1) is 15.9 Å². The van der Waals surface area contributed by atoms with Crippen LogP contribution in [-0.2, 0) is 4.79 Å². The largest absolute Gasteiger partial charge is 0.480 e. The Morgan fingerprint density at radius 1 is 1.45 bits per heavy atom. The van der Waals surface area contributed by atoms with E-state index in [1.54, 1.807) is 12.1 Å². The normalized spacial score (nSPS) is 16.0. The van der Waals surface area contributed by atoms with E-state index < -0.39 is 0 Å². The number of hydrogen-bond donors (Lipinski definition) is 0. The standard InChI is InChI=1S/C16H12INO3S/c1-3-7-18-15(19)14(22-16(18)20)10-11-5-6-13(12(17)9-11)21-8-4-2/h2-3,5-6,9-10H,1,7-8H2/b14-10+. The molecule has 2 rings (SSSR count). The predicted octanol–water partition coefficient (Wildman–Crippen LogP) is 3.53. The number of amides is 2. The molecule has 0 spiro atoms. The molecule has 0 aliphatic carbocycles. The van der Waals surface area contributed by atoms with Crippen LogP contribution in [0.3, 0.4) is 0 Å². The van der Waals surface area contributed by atoms with Gasteiger partial charge in [0.1, 0.15) is 12.4 Å². The van der Waals surface area contributed by atoms with Gasteiger partial charge in [-0.1, -0.05) is 18.1 Å². The minimum Gasteiger partial charge on any atom is -0.480 e. The summed E-state index contributed by atoms with van der Waals surface area (Å²) in [6.45, 7) is 3.97. The molecule has 0 N–H and O–H groups in total. The zero-order chi connectivity index (χ0) is 16.1. The smallest absolute Gasteiger partial charge is 0.293 e. The first kappa shape index (κ1) is 16.6. The van der Waals surface area contributed by atoms with E-state index in [0.717, 1.165) is 20.9 Å². The Bertz CT molecular complexity index is 706. The number of imide groups is 1. The van der Waals surface area contributed by atoms with Crippen LogP contribution in [0.15, 0.2) is 35.8 Å². The lowest BCUT2D eigenvalue weighted by Crippen LogP contribution is -2.27. The molecule has 1 aliphatic heterocycles. The maximum atomic E-state index is 12.1. The van der Waals surface area contributed by atoms with Gasteiger partial charge < -0.3 is 4.74 Å². The van der Waals surface area contributed by atoms with Gasteiger partial charge in [-0.05, 0) is 58.1 Å². The number of rotatable bonds is 5. The van der Waals surface area contributed by atoms with Crippen LogP contribution in [0.2, 0.25) is 0 Å². The lowest BCUT2D eigenvalue weighted by molar-refractivity contribution is -0.122. The SMILES string of the molecule is C#CCOc1ccc(/C=C2/SC(=O)N(CC=C)C2=O)cc1I. The molecular weight excluding hydrogens is 413 g/mol. The van der Waals surface area contributed by atoms with E-state index in [2.05, 4.69) is 35.1 Å². The molecule has 0 saturated carbocycles. The molecule has 2 amide bonds. The van der Waals surface area contributed by atoms with Gasteiger partial charge in [0.15, 0.2) is 0 Å². The molecule has 0 aromatic heterocycles. The number of hydrogen-bond acceptors (Lipinski definition) is 4. The molecule has 1 fully saturated rings. The van der Waals surface area contributed by atoms with E-state index in [1.165, 1.54) is 11.0 Å². The number of halogens is 1. The van der Waals surface area contributed by atoms with Crippen LogP contribution in [0.25, 0.3) is 6.08 Å². The molecule has 1 aromatic carbocycles. The topological polar surface area (TPSA) is 46.6 Å². The van der Waals surface area contributed by atoms with Gasteiger partial charge in [-0.3, -0.25) is 14.5 Å². The molecule has 1 aliphatic rings. The summed E-state index contributed by atoms with van der Waals surface area (Å²) in [6, 6.07) is 5.47. The summed E-state index contributed by atoms with van der Waals surface area (Å²) in [4.78, 5) is 25.4. The van der Waals surface area contributed by atoms with Crippen LogP contribution in [0.5, 0.6) is 5.75 Å². The molecule has 0 radical (unpaired) electrons. The van der Waals surface area contributed by atoms with Gasteiger partial charge in [0, 0.05) is 6.54 Å². The number of terminal acetylenes is 1. The molecule has 0 atom stereocenters. The second-order valence-electron chi connectivity index (χ2n) is 4.26. The molecular formula is C16H12INO3S. The zero-order valence-corrected chi connectivity index (χ0v) is 14.5. The average Bonchev–Trinajstić information content (AvgIpc) is 2.74. The van der Waals surface area contributed by atoms with Gasteiger partial charge in [0.25, 0.3) is 11.1 Å². The van der Waals surface area contributed by atoms with Gasteiger partial charge in [-0.2, -0.15) is 0 Å². The quantitative estimate of drug-likeness (QED) is 0.314. The predicted molar refractivity (Wildman–Crippen MR) is 96.4 cm³/mol. The zero-order valence-electron chi connectivity index (χ0n) is 11.5. The molecule has 1 aromatic rings. The third-order valence-corrected chi connectivity index (χ3v) is 4.50. The van der Waals surface area contributed by atoms with Crippen molar-refractivity contribution in [3.05, 3.63) is 44.9 Å². The lowest BCUT2D eigenvalue weighted by atomic mass is 10.2. The highest BCUT2D eigenvalue weighted by Gasteiger charge is 2.33. The molecule has 112 valence electrons. The Morgan fingerprint density at radius 2 is 2.23 bits per heavy atom. The van der Waals surface area contributed by atoms with Crippen molar-refractivity contribution < 1.29 is 14.3 Å². The molecule has 6 heteroatoms.